The molecule has 0 fully saturated rings. The van der Waals surface area contributed by atoms with Crippen molar-refractivity contribution in [2.45, 2.75) is 5.16 Å². The Kier molecular flexibility index (Phi) is 2.96. The van der Waals surface area contributed by atoms with Crippen LogP contribution in [0, 0.1) is 0 Å². The third-order valence-corrected chi connectivity index (χ3v) is 3.10. The molecule has 0 aliphatic heterocycles. The molecule has 0 atom stereocenters. The summed E-state index contributed by atoms with van der Waals surface area (Å²) in [6, 6.07) is 5.69. The molecular weight excluding hydrogens is 260 g/mol. The van der Waals surface area contributed by atoms with Gasteiger partial charge in [0.1, 0.15) is 0 Å². The number of fused-ring (bicyclic) bond motifs is 1. The normalized spacial score (nSPS) is 10.8. The molecule has 0 amide bonds. The first-order chi connectivity index (χ1) is 9.28. The summed E-state index contributed by atoms with van der Waals surface area (Å²) in [7, 11) is 0. The Bertz CT molecular complexity index is 740. The predicted molar refractivity (Wildman–Crippen MR) is 74.6 cm³/mol. The molecule has 3 rings (SSSR count). The molecule has 0 saturated heterocycles. The summed E-state index contributed by atoms with van der Waals surface area (Å²) in [6.07, 6.45) is 5.19. The lowest BCUT2D eigenvalue weighted by Crippen LogP contribution is -2.02. The Hall–Kier alpha value is -2.28. The number of aromatic nitrogens is 5. The average Bonchev–Trinajstić information content (AvgIpc) is 2.46. The first-order valence-electron chi connectivity index (χ1n) is 5.53. The maximum atomic E-state index is 5.70. The molecule has 2 heterocycles. The summed E-state index contributed by atoms with van der Waals surface area (Å²) in [5.74, 6) is 0.721. The first kappa shape index (κ1) is 11.8. The van der Waals surface area contributed by atoms with Crippen LogP contribution in [0.4, 0.5) is 5.95 Å². The lowest BCUT2D eigenvalue weighted by Gasteiger charge is -2.05. The number of benzene rings is 1. The van der Waals surface area contributed by atoms with E-state index in [1.54, 1.807) is 12.4 Å². The van der Waals surface area contributed by atoms with E-state index in [1.807, 2.05) is 24.5 Å². The standard InChI is InChI=1S/C12H10N6S/c1-19-12-17-10(16-11(13)18-12)7-3-2-4-8-9(7)15-6-5-14-8/h2-6H,1H3,(H2,13,16,17,18). The molecule has 0 unspecified atom stereocenters. The zero-order chi connectivity index (χ0) is 13.2. The molecule has 0 aliphatic rings. The lowest BCUT2D eigenvalue weighted by molar-refractivity contribution is 0.928. The van der Waals surface area contributed by atoms with Crippen LogP contribution in [0.2, 0.25) is 0 Å². The van der Waals surface area contributed by atoms with Crippen LogP contribution in [-0.2, 0) is 0 Å². The minimum absolute atomic E-state index is 0.204. The number of nitrogens with two attached hydrogens (primary N) is 1. The predicted octanol–water partition coefficient (Wildman–Crippen LogP) is 1.79. The first-order valence-corrected chi connectivity index (χ1v) is 6.76. The van der Waals surface area contributed by atoms with Gasteiger partial charge in [-0.05, 0) is 18.4 Å². The molecule has 0 radical (unpaired) electrons. The van der Waals surface area contributed by atoms with Crippen LogP contribution in [0.3, 0.4) is 0 Å². The van der Waals surface area contributed by atoms with Crippen LogP contribution in [0.15, 0.2) is 35.7 Å². The maximum Gasteiger partial charge on any atom is 0.224 e. The molecule has 0 saturated carbocycles. The lowest BCUT2D eigenvalue weighted by atomic mass is 10.1. The van der Waals surface area contributed by atoms with E-state index >= 15 is 0 Å². The molecule has 2 N–H and O–H groups in total. The summed E-state index contributed by atoms with van der Waals surface area (Å²) >= 11 is 1.42. The van der Waals surface area contributed by atoms with Gasteiger partial charge < -0.3 is 5.73 Å². The van der Waals surface area contributed by atoms with Crippen molar-refractivity contribution in [1.29, 1.82) is 0 Å². The fraction of sp³-hybridized carbons (Fsp3) is 0.0833. The van der Waals surface area contributed by atoms with Crippen molar-refractivity contribution in [2.24, 2.45) is 0 Å². The zero-order valence-electron chi connectivity index (χ0n) is 10.1. The molecular formula is C12H10N6S. The molecule has 0 aliphatic carbocycles. The second-order valence-electron chi connectivity index (χ2n) is 3.73. The molecule has 19 heavy (non-hydrogen) atoms. The molecule has 2 aromatic heterocycles. The molecule has 6 nitrogen and oxygen atoms in total. The Balaban J connectivity index is 2.27. The summed E-state index contributed by atoms with van der Waals surface area (Å²) in [5.41, 5.74) is 8.05. The van der Waals surface area contributed by atoms with Crippen molar-refractivity contribution in [2.75, 3.05) is 12.0 Å². The van der Waals surface area contributed by atoms with E-state index in [-0.39, 0.29) is 5.95 Å². The van der Waals surface area contributed by atoms with Crippen LogP contribution in [-0.4, -0.2) is 31.2 Å². The number of hydrogen-bond donors (Lipinski definition) is 1. The van der Waals surface area contributed by atoms with Crippen molar-refractivity contribution >= 4 is 28.7 Å². The van der Waals surface area contributed by atoms with Gasteiger partial charge in [-0.2, -0.15) is 9.97 Å². The van der Waals surface area contributed by atoms with Crippen LogP contribution >= 0.6 is 11.8 Å². The second-order valence-corrected chi connectivity index (χ2v) is 4.51. The third-order valence-electron chi connectivity index (χ3n) is 2.55. The van der Waals surface area contributed by atoms with E-state index in [9.17, 15) is 0 Å². The van der Waals surface area contributed by atoms with Crippen molar-refractivity contribution in [3.05, 3.63) is 30.6 Å². The van der Waals surface area contributed by atoms with E-state index in [2.05, 4.69) is 24.9 Å². The molecule has 0 spiro atoms. The van der Waals surface area contributed by atoms with Gasteiger partial charge in [0.05, 0.1) is 11.0 Å². The van der Waals surface area contributed by atoms with Gasteiger partial charge in [0.2, 0.25) is 5.95 Å². The molecule has 0 bridgehead atoms. The quantitative estimate of drug-likeness (QED) is 0.710. The van der Waals surface area contributed by atoms with E-state index in [0.29, 0.717) is 11.0 Å². The van der Waals surface area contributed by atoms with Gasteiger partial charge in [-0.3, -0.25) is 9.97 Å². The number of nitrogen functional groups attached to an aromatic ring is 1. The summed E-state index contributed by atoms with van der Waals surface area (Å²) in [4.78, 5) is 21.2. The Morgan fingerprint density at radius 3 is 2.74 bits per heavy atom. The van der Waals surface area contributed by atoms with Gasteiger partial charge in [0.15, 0.2) is 11.0 Å². The zero-order valence-corrected chi connectivity index (χ0v) is 10.9. The highest BCUT2D eigenvalue weighted by Crippen LogP contribution is 2.24. The minimum Gasteiger partial charge on any atom is -0.368 e. The fourth-order valence-electron chi connectivity index (χ4n) is 1.76. The van der Waals surface area contributed by atoms with Gasteiger partial charge in [0.25, 0.3) is 0 Å². The topological polar surface area (TPSA) is 90.5 Å². The van der Waals surface area contributed by atoms with Crippen molar-refractivity contribution < 1.29 is 0 Å². The maximum absolute atomic E-state index is 5.70. The van der Waals surface area contributed by atoms with Crippen molar-refractivity contribution in [1.82, 2.24) is 24.9 Å². The van der Waals surface area contributed by atoms with Crippen LogP contribution < -0.4 is 5.73 Å². The largest absolute Gasteiger partial charge is 0.368 e. The van der Waals surface area contributed by atoms with E-state index in [4.69, 9.17) is 5.73 Å². The Labute approximate surface area is 113 Å². The van der Waals surface area contributed by atoms with Crippen molar-refractivity contribution in [3.63, 3.8) is 0 Å². The van der Waals surface area contributed by atoms with Crippen LogP contribution in [0.25, 0.3) is 22.4 Å². The average molecular weight is 270 g/mol. The second kappa shape index (κ2) is 4.77. The minimum atomic E-state index is 0.204. The smallest absolute Gasteiger partial charge is 0.224 e. The highest BCUT2D eigenvalue weighted by Gasteiger charge is 2.10. The third kappa shape index (κ3) is 2.19. The number of nitrogens with zero attached hydrogens (tertiary/aromatic N) is 5. The van der Waals surface area contributed by atoms with E-state index < -0.39 is 0 Å². The summed E-state index contributed by atoms with van der Waals surface area (Å²) in [5, 5.41) is 0.586. The molecule has 1 aromatic carbocycles. The van der Waals surface area contributed by atoms with Crippen LogP contribution in [0.5, 0.6) is 0 Å². The molecule has 3 aromatic rings. The van der Waals surface area contributed by atoms with Gasteiger partial charge in [0, 0.05) is 18.0 Å². The van der Waals surface area contributed by atoms with Gasteiger partial charge >= 0.3 is 0 Å². The van der Waals surface area contributed by atoms with E-state index in [0.717, 1.165) is 16.6 Å². The monoisotopic (exact) mass is 270 g/mol. The number of hydrogen-bond acceptors (Lipinski definition) is 7. The highest BCUT2D eigenvalue weighted by atomic mass is 32.2. The number of thioether (sulfide) groups is 1. The number of anilines is 1. The van der Waals surface area contributed by atoms with E-state index in [1.165, 1.54) is 11.8 Å². The highest BCUT2D eigenvalue weighted by molar-refractivity contribution is 7.98. The Morgan fingerprint density at radius 2 is 1.89 bits per heavy atom. The Morgan fingerprint density at radius 1 is 1.05 bits per heavy atom. The summed E-state index contributed by atoms with van der Waals surface area (Å²) < 4.78 is 0. The SMILES string of the molecule is CSc1nc(N)nc(-c2cccc3nccnc23)n1. The van der Waals surface area contributed by atoms with Gasteiger partial charge in [-0.1, -0.05) is 17.8 Å². The van der Waals surface area contributed by atoms with Gasteiger partial charge in [-0.15, -0.1) is 0 Å². The number of rotatable bonds is 2. The number of para-hydroxylation sites is 1. The summed E-state index contributed by atoms with van der Waals surface area (Å²) in [6.45, 7) is 0. The van der Waals surface area contributed by atoms with Crippen LogP contribution in [0.1, 0.15) is 0 Å². The molecule has 94 valence electrons. The fourth-order valence-corrected chi connectivity index (χ4v) is 2.12. The van der Waals surface area contributed by atoms with Crippen molar-refractivity contribution in [3.8, 4) is 11.4 Å². The molecule has 7 heteroatoms. The van der Waals surface area contributed by atoms with Gasteiger partial charge in [-0.25, -0.2) is 4.98 Å².